The molecule has 1 aliphatic carbocycles. The number of hydrogen-bond acceptors (Lipinski definition) is 2. The van der Waals surface area contributed by atoms with Crippen molar-refractivity contribution in [2.45, 2.75) is 63.5 Å². The second-order valence-corrected chi connectivity index (χ2v) is 4.86. The Kier molecular flexibility index (Phi) is 4.39. The third-order valence-electron chi connectivity index (χ3n) is 3.81. The number of aliphatic hydroxyl groups excluding tert-OH is 1. The van der Waals surface area contributed by atoms with E-state index < -0.39 is 0 Å². The molecule has 0 spiro atoms. The van der Waals surface area contributed by atoms with Crippen LogP contribution < -0.4 is 0 Å². The molecule has 1 N–H and O–H groups in total. The molecule has 1 unspecified atom stereocenters. The molecule has 1 aliphatic rings. The summed E-state index contributed by atoms with van der Waals surface area (Å²) in [4.78, 5) is 2.25. The highest BCUT2D eigenvalue weighted by Crippen LogP contribution is 2.38. The molecule has 1 fully saturated rings. The molecule has 1 rings (SSSR count). The van der Waals surface area contributed by atoms with Crippen molar-refractivity contribution in [1.82, 2.24) is 4.90 Å². The van der Waals surface area contributed by atoms with Gasteiger partial charge < -0.3 is 10.0 Å². The number of likely N-dealkylation sites (N-methyl/N-ethyl adjacent to an activating group) is 1. The molecule has 2 nitrogen and oxygen atoms in total. The number of aliphatic hydroxyl groups is 1. The molecule has 0 heterocycles. The van der Waals surface area contributed by atoms with Crippen molar-refractivity contribution in [3.63, 3.8) is 0 Å². The highest BCUT2D eigenvalue weighted by Gasteiger charge is 2.41. The molecule has 14 heavy (non-hydrogen) atoms. The Morgan fingerprint density at radius 3 is 2.29 bits per heavy atom. The molecule has 0 aromatic rings. The van der Waals surface area contributed by atoms with Gasteiger partial charge in [-0.1, -0.05) is 32.6 Å². The van der Waals surface area contributed by atoms with E-state index in [1.807, 2.05) is 0 Å². The van der Waals surface area contributed by atoms with E-state index in [4.69, 9.17) is 0 Å². The lowest BCUT2D eigenvalue weighted by atomic mass is 9.86. The first-order chi connectivity index (χ1) is 6.63. The van der Waals surface area contributed by atoms with Crippen molar-refractivity contribution in [2.75, 3.05) is 14.1 Å². The Balaban J connectivity index is 2.57. The Morgan fingerprint density at radius 1 is 1.29 bits per heavy atom. The smallest absolute Gasteiger partial charge is 0.0723 e. The summed E-state index contributed by atoms with van der Waals surface area (Å²) in [5.41, 5.74) is 0.0924. The second-order valence-electron chi connectivity index (χ2n) is 4.86. The number of nitrogens with zero attached hydrogens (tertiary/aromatic N) is 1. The zero-order valence-electron chi connectivity index (χ0n) is 9.92. The van der Waals surface area contributed by atoms with Gasteiger partial charge in [0.1, 0.15) is 0 Å². The SMILES string of the molecule is CCCCC(O)C1(N(C)C)CCCC1. The van der Waals surface area contributed by atoms with Gasteiger partial charge in [0.15, 0.2) is 0 Å². The molecule has 0 radical (unpaired) electrons. The third-order valence-corrected chi connectivity index (χ3v) is 3.81. The fraction of sp³-hybridized carbons (Fsp3) is 1.00. The standard InChI is InChI=1S/C12H25NO/c1-4-5-8-11(14)12(13(2)3)9-6-7-10-12/h11,14H,4-10H2,1-3H3. The molecule has 0 bridgehead atoms. The van der Waals surface area contributed by atoms with E-state index >= 15 is 0 Å². The van der Waals surface area contributed by atoms with Crippen LogP contribution in [0.5, 0.6) is 0 Å². The highest BCUT2D eigenvalue weighted by molar-refractivity contribution is 4.98. The molecule has 84 valence electrons. The summed E-state index contributed by atoms with van der Waals surface area (Å²) in [5.74, 6) is 0. The second kappa shape index (κ2) is 5.13. The van der Waals surface area contributed by atoms with E-state index in [9.17, 15) is 5.11 Å². The van der Waals surface area contributed by atoms with Gasteiger partial charge in [-0.15, -0.1) is 0 Å². The van der Waals surface area contributed by atoms with Crippen LogP contribution in [0.2, 0.25) is 0 Å². The molecule has 1 atom stereocenters. The van der Waals surface area contributed by atoms with Gasteiger partial charge in [-0.3, -0.25) is 0 Å². The fourth-order valence-corrected chi connectivity index (χ4v) is 2.73. The van der Waals surface area contributed by atoms with Crippen LogP contribution >= 0.6 is 0 Å². The van der Waals surface area contributed by atoms with Crippen molar-refractivity contribution >= 4 is 0 Å². The molecule has 2 heteroatoms. The van der Waals surface area contributed by atoms with Crippen LogP contribution in [-0.2, 0) is 0 Å². The van der Waals surface area contributed by atoms with Gasteiger partial charge in [-0.25, -0.2) is 0 Å². The summed E-state index contributed by atoms with van der Waals surface area (Å²) < 4.78 is 0. The van der Waals surface area contributed by atoms with Crippen molar-refractivity contribution in [1.29, 1.82) is 0 Å². The first-order valence-corrected chi connectivity index (χ1v) is 5.99. The molecule has 0 aliphatic heterocycles. The summed E-state index contributed by atoms with van der Waals surface area (Å²) in [7, 11) is 4.22. The molecular formula is C12H25NO. The van der Waals surface area contributed by atoms with Gasteiger partial charge >= 0.3 is 0 Å². The topological polar surface area (TPSA) is 23.5 Å². The quantitative estimate of drug-likeness (QED) is 0.735. The van der Waals surface area contributed by atoms with Gasteiger partial charge in [0.05, 0.1) is 6.10 Å². The largest absolute Gasteiger partial charge is 0.391 e. The van der Waals surface area contributed by atoms with Crippen LogP contribution in [-0.4, -0.2) is 35.7 Å². The molecule has 0 amide bonds. The summed E-state index contributed by atoms with van der Waals surface area (Å²) in [5, 5.41) is 10.3. The summed E-state index contributed by atoms with van der Waals surface area (Å²) in [6.45, 7) is 2.18. The normalized spacial score (nSPS) is 22.9. The highest BCUT2D eigenvalue weighted by atomic mass is 16.3. The molecule has 0 saturated heterocycles. The Bertz CT molecular complexity index is 162. The van der Waals surface area contributed by atoms with Gasteiger partial charge in [0.2, 0.25) is 0 Å². The predicted octanol–water partition coefficient (Wildman–Crippen LogP) is 2.41. The van der Waals surface area contributed by atoms with Crippen molar-refractivity contribution in [3.8, 4) is 0 Å². The molecule has 1 saturated carbocycles. The van der Waals surface area contributed by atoms with Crippen LogP contribution in [0.3, 0.4) is 0 Å². The maximum Gasteiger partial charge on any atom is 0.0723 e. The van der Waals surface area contributed by atoms with Crippen molar-refractivity contribution in [2.24, 2.45) is 0 Å². The maximum atomic E-state index is 10.3. The van der Waals surface area contributed by atoms with Gasteiger partial charge in [0, 0.05) is 5.54 Å². The lowest BCUT2D eigenvalue weighted by Crippen LogP contribution is -2.51. The van der Waals surface area contributed by atoms with E-state index in [1.165, 1.54) is 32.1 Å². The average Bonchev–Trinajstić information content (AvgIpc) is 2.63. The number of rotatable bonds is 5. The average molecular weight is 199 g/mol. The Labute approximate surface area is 88.3 Å². The van der Waals surface area contributed by atoms with Crippen LogP contribution in [0.25, 0.3) is 0 Å². The van der Waals surface area contributed by atoms with Gasteiger partial charge in [-0.05, 0) is 33.4 Å². The van der Waals surface area contributed by atoms with Crippen LogP contribution in [0, 0.1) is 0 Å². The molecule has 0 aromatic carbocycles. The van der Waals surface area contributed by atoms with Gasteiger partial charge in [0.25, 0.3) is 0 Å². The summed E-state index contributed by atoms with van der Waals surface area (Å²) in [6.07, 6.45) is 8.07. The predicted molar refractivity (Wildman–Crippen MR) is 60.4 cm³/mol. The first-order valence-electron chi connectivity index (χ1n) is 5.99. The first kappa shape index (κ1) is 12.0. The van der Waals surface area contributed by atoms with Crippen molar-refractivity contribution < 1.29 is 5.11 Å². The third kappa shape index (κ3) is 2.29. The monoisotopic (exact) mass is 199 g/mol. The Morgan fingerprint density at radius 2 is 1.86 bits per heavy atom. The zero-order valence-corrected chi connectivity index (χ0v) is 9.92. The lowest BCUT2D eigenvalue weighted by Gasteiger charge is -2.40. The summed E-state index contributed by atoms with van der Waals surface area (Å²) >= 11 is 0. The number of hydrogen-bond donors (Lipinski definition) is 1. The van der Waals surface area contributed by atoms with E-state index in [2.05, 4.69) is 25.9 Å². The van der Waals surface area contributed by atoms with Crippen LogP contribution in [0.15, 0.2) is 0 Å². The minimum absolute atomic E-state index is 0.0924. The minimum Gasteiger partial charge on any atom is -0.391 e. The fourth-order valence-electron chi connectivity index (χ4n) is 2.73. The lowest BCUT2D eigenvalue weighted by molar-refractivity contribution is -0.00889. The molecular weight excluding hydrogens is 174 g/mol. The molecule has 0 aromatic heterocycles. The van der Waals surface area contributed by atoms with E-state index in [1.54, 1.807) is 0 Å². The van der Waals surface area contributed by atoms with E-state index in [0.29, 0.717) is 0 Å². The van der Waals surface area contributed by atoms with Gasteiger partial charge in [-0.2, -0.15) is 0 Å². The minimum atomic E-state index is -0.125. The van der Waals surface area contributed by atoms with E-state index in [-0.39, 0.29) is 11.6 Å². The van der Waals surface area contributed by atoms with Crippen molar-refractivity contribution in [3.05, 3.63) is 0 Å². The Hall–Kier alpha value is -0.0800. The zero-order chi connectivity index (χ0) is 10.6. The van der Waals surface area contributed by atoms with Crippen LogP contribution in [0.1, 0.15) is 51.9 Å². The van der Waals surface area contributed by atoms with E-state index in [0.717, 1.165) is 12.8 Å². The maximum absolute atomic E-state index is 10.3. The number of unbranched alkanes of at least 4 members (excludes halogenated alkanes) is 1. The van der Waals surface area contributed by atoms with Crippen LogP contribution in [0.4, 0.5) is 0 Å². The summed E-state index contributed by atoms with van der Waals surface area (Å²) in [6, 6.07) is 0.